The van der Waals surface area contributed by atoms with E-state index in [1.807, 2.05) is 13.8 Å². The molecule has 3 rings (SSSR count). The smallest absolute Gasteiger partial charge is 0.409 e. The molecule has 0 aromatic carbocycles. The van der Waals surface area contributed by atoms with Gasteiger partial charge in [-0.2, -0.15) is 0 Å². The van der Waals surface area contributed by atoms with Gasteiger partial charge in [-0.05, 0) is 43.9 Å². The minimum absolute atomic E-state index is 0.105. The first-order chi connectivity index (χ1) is 10.5. The molecule has 1 aliphatic carbocycles. The van der Waals surface area contributed by atoms with Gasteiger partial charge in [-0.15, -0.1) is 0 Å². The lowest BCUT2D eigenvalue weighted by atomic mass is 9.94. The highest BCUT2D eigenvalue weighted by molar-refractivity contribution is 5.80. The Balaban J connectivity index is 1.45. The standard InChI is InChI=1S/C17H28N2O3/c1-12(2)11-22-17(21)18-7-5-14(6-8-18)16(20)19-10-13-3-4-15(19)9-13/h12-15H,3-11H2,1-2H3/t13-,15+/m0/s1. The first kappa shape index (κ1) is 15.6. The van der Waals surface area contributed by atoms with Gasteiger partial charge in [0, 0.05) is 31.6 Å². The first-order valence-electron chi connectivity index (χ1n) is 8.76. The van der Waals surface area contributed by atoms with Crippen LogP contribution >= 0.6 is 0 Å². The topological polar surface area (TPSA) is 49.9 Å². The van der Waals surface area contributed by atoms with Crippen LogP contribution in [-0.2, 0) is 9.53 Å². The Morgan fingerprint density at radius 2 is 1.86 bits per heavy atom. The van der Waals surface area contributed by atoms with Gasteiger partial charge in [0.15, 0.2) is 0 Å². The van der Waals surface area contributed by atoms with Gasteiger partial charge in [0.25, 0.3) is 0 Å². The average molecular weight is 308 g/mol. The van der Waals surface area contributed by atoms with Crippen LogP contribution in [-0.4, -0.2) is 54.1 Å². The molecule has 2 saturated heterocycles. The third-order valence-corrected chi connectivity index (χ3v) is 5.33. The summed E-state index contributed by atoms with van der Waals surface area (Å²) in [4.78, 5) is 28.5. The summed E-state index contributed by atoms with van der Waals surface area (Å²) in [6.07, 6.45) is 5.05. The maximum atomic E-state index is 12.7. The number of rotatable bonds is 3. The minimum atomic E-state index is -0.222. The summed E-state index contributed by atoms with van der Waals surface area (Å²) in [6, 6.07) is 0.506. The maximum Gasteiger partial charge on any atom is 0.409 e. The first-order valence-corrected chi connectivity index (χ1v) is 8.76. The van der Waals surface area contributed by atoms with Crippen molar-refractivity contribution in [1.82, 2.24) is 9.80 Å². The Kier molecular flexibility index (Phi) is 4.59. The fourth-order valence-corrected chi connectivity index (χ4v) is 4.07. The molecule has 2 heterocycles. The summed E-state index contributed by atoms with van der Waals surface area (Å²) in [7, 11) is 0. The molecular formula is C17H28N2O3. The summed E-state index contributed by atoms with van der Waals surface area (Å²) in [5.41, 5.74) is 0. The van der Waals surface area contributed by atoms with E-state index in [4.69, 9.17) is 4.74 Å². The summed E-state index contributed by atoms with van der Waals surface area (Å²) in [5.74, 6) is 1.55. The number of carbonyl (C=O) groups excluding carboxylic acids is 2. The van der Waals surface area contributed by atoms with Crippen molar-refractivity contribution in [3.63, 3.8) is 0 Å². The zero-order valence-corrected chi connectivity index (χ0v) is 13.8. The van der Waals surface area contributed by atoms with Crippen molar-refractivity contribution >= 4 is 12.0 Å². The van der Waals surface area contributed by atoms with Gasteiger partial charge in [-0.25, -0.2) is 4.79 Å². The van der Waals surface area contributed by atoms with E-state index in [-0.39, 0.29) is 12.0 Å². The SMILES string of the molecule is CC(C)COC(=O)N1CCC(C(=O)N2C[C@H]3CC[C@@H]2C3)CC1. The van der Waals surface area contributed by atoms with Gasteiger partial charge < -0.3 is 14.5 Å². The number of piperidine rings is 2. The van der Waals surface area contributed by atoms with E-state index in [2.05, 4.69) is 4.90 Å². The highest BCUT2D eigenvalue weighted by Crippen LogP contribution is 2.38. The minimum Gasteiger partial charge on any atom is -0.449 e. The van der Waals surface area contributed by atoms with E-state index in [1.165, 1.54) is 19.3 Å². The van der Waals surface area contributed by atoms with E-state index in [0.717, 1.165) is 25.3 Å². The Morgan fingerprint density at radius 3 is 2.41 bits per heavy atom. The van der Waals surface area contributed by atoms with E-state index < -0.39 is 0 Å². The zero-order chi connectivity index (χ0) is 15.7. The molecule has 22 heavy (non-hydrogen) atoms. The molecule has 0 radical (unpaired) electrons. The largest absolute Gasteiger partial charge is 0.449 e. The number of likely N-dealkylation sites (tertiary alicyclic amines) is 2. The monoisotopic (exact) mass is 308 g/mol. The second-order valence-corrected chi connectivity index (χ2v) is 7.56. The second-order valence-electron chi connectivity index (χ2n) is 7.56. The zero-order valence-electron chi connectivity index (χ0n) is 13.8. The number of nitrogens with zero attached hydrogens (tertiary/aromatic N) is 2. The molecule has 0 spiro atoms. The molecule has 3 fully saturated rings. The van der Waals surface area contributed by atoms with Gasteiger partial charge in [0.05, 0.1) is 6.61 Å². The molecule has 2 atom stereocenters. The number of carbonyl (C=O) groups is 2. The quantitative estimate of drug-likeness (QED) is 0.805. The number of hydrogen-bond donors (Lipinski definition) is 0. The van der Waals surface area contributed by atoms with Crippen molar-refractivity contribution in [2.24, 2.45) is 17.8 Å². The second kappa shape index (κ2) is 6.47. The lowest BCUT2D eigenvalue weighted by molar-refractivity contribution is -0.138. The van der Waals surface area contributed by atoms with Crippen LogP contribution in [0.1, 0.15) is 46.0 Å². The van der Waals surface area contributed by atoms with Crippen molar-refractivity contribution in [2.45, 2.75) is 52.0 Å². The summed E-state index contributed by atoms with van der Waals surface area (Å²) >= 11 is 0. The third-order valence-electron chi connectivity index (χ3n) is 5.33. The van der Waals surface area contributed by atoms with E-state index in [9.17, 15) is 9.59 Å². The van der Waals surface area contributed by atoms with Gasteiger partial charge in [-0.1, -0.05) is 13.8 Å². The normalized spacial score (nSPS) is 28.5. The van der Waals surface area contributed by atoms with E-state index in [1.54, 1.807) is 4.90 Å². The Labute approximate surface area is 133 Å². The predicted molar refractivity (Wildman–Crippen MR) is 83.3 cm³/mol. The lowest BCUT2D eigenvalue weighted by Gasteiger charge is -2.35. The fraction of sp³-hybridized carbons (Fsp3) is 0.882. The maximum absolute atomic E-state index is 12.7. The molecule has 0 unspecified atom stereocenters. The number of hydrogen-bond acceptors (Lipinski definition) is 3. The van der Waals surface area contributed by atoms with Crippen molar-refractivity contribution in [3.8, 4) is 0 Å². The fourth-order valence-electron chi connectivity index (χ4n) is 4.07. The molecule has 1 saturated carbocycles. The summed E-state index contributed by atoms with van der Waals surface area (Å²) < 4.78 is 5.27. The molecule has 0 aromatic rings. The van der Waals surface area contributed by atoms with Gasteiger partial charge >= 0.3 is 6.09 Å². The highest BCUT2D eigenvalue weighted by atomic mass is 16.6. The number of amides is 2. The van der Waals surface area contributed by atoms with Crippen LogP contribution < -0.4 is 0 Å². The summed E-state index contributed by atoms with van der Waals surface area (Å²) in [6.45, 7) is 6.79. The van der Waals surface area contributed by atoms with Gasteiger partial charge in [0.1, 0.15) is 0 Å². The van der Waals surface area contributed by atoms with Crippen LogP contribution in [0.15, 0.2) is 0 Å². The van der Waals surface area contributed by atoms with Crippen LogP contribution in [0.25, 0.3) is 0 Å². The third kappa shape index (κ3) is 3.23. The molecule has 3 aliphatic rings. The van der Waals surface area contributed by atoms with E-state index in [0.29, 0.717) is 37.6 Å². The van der Waals surface area contributed by atoms with E-state index >= 15 is 0 Å². The highest BCUT2D eigenvalue weighted by Gasteiger charge is 2.42. The molecule has 2 aliphatic heterocycles. The lowest BCUT2D eigenvalue weighted by Crippen LogP contribution is -2.46. The molecule has 5 nitrogen and oxygen atoms in total. The van der Waals surface area contributed by atoms with Crippen LogP contribution in [0.3, 0.4) is 0 Å². The van der Waals surface area contributed by atoms with Crippen molar-refractivity contribution in [1.29, 1.82) is 0 Å². The number of fused-ring (bicyclic) bond motifs is 2. The Morgan fingerprint density at radius 1 is 1.14 bits per heavy atom. The molecule has 0 N–H and O–H groups in total. The van der Waals surface area contributed by atoms with Crippen LogP contribution in [0.5, 0.6) is 0 Å². The predicted octanol–water partition coefficient (Wildman–Crippen LogP) is 2.50. The van der Waals surface area contributed by atoms with Crippen molar-refractivity contribution in [2.75, 3.05) is 26.2 Å². The molecule has 124 valence electrons. The summed E-state index contributed by atoms with van der Waals surface area (Å²) in [5, 5.41) is 0. The molecular weight excluding hydrogens is 280 g/mol. The molecule has 5 heteroatoms. The average Bonchev–Trinajstić information content (AvgIpc) is 3.15. The Bertz CT molecular complexity index is 430. The van der Waals surface area contributed by atoms with Crippen LogP contribution in [0.2, 0.25) is 0 Å². The van der Waals surface area contributed by atoms with Crippen molar-refractivity contribution < 1.29 is 14.3 Å². The molecule has 2 bridgehead atoms. The molecule has 2 amide bonds. The molecule has 0 aromatic heterocycles. The number of ether oxygens (including phenoxy) is 1. The van der Waals surface area contributed by atoms with Crippen LogP contribution in [0.4, 0.5) is 4.79 Å². The van der Waals surface area contributed by atoms with Crippen molar-refractivity contribution in [3.05, 3.63) is 0 Å². The van der Waals surface area contributed by atoms with Crippen LogP contribution in [0, 0.1) is 17.8 Å². The van der Waals surface area contributed by atoms with Gasteiger partial charge in [-0.3, -0.25) is 4.79 Å². The van der Waals surface area contributed by atoms with Gasteiger partial charge in [0.2, 0.25) is 5.91 Å². The Hall–Kier alpha value is -1.26.